The topological polar surface area (TPSA) is 69.9 Å². The highest BCUT2D eigenvalue weighted by Gasteiger charge is 2.31. The monoisotopic (exact) mass is 286 g/mol. The van der Waals surface area contributed by atoms with Crippen molar-refractivity contribution < 1.29 is 22.8 Å². The Bertz CT molecular complexity index is 624. The number of halogens is 3. The molecule has 0 bridgehead atoms. The van der Waals surface area contributed by atoms with Crippen LogP contribution >= 0.6 is 0 Å². The fourth-order valence-corrected chi connectivity index (χ4v) is 1.40. The molecule has 0 aliphatic rings. The van der Waals surface area contributed by atoms with E-state index in [0.29, 0.717) is 4.85 Å². The van der Waals surface area contributed by atoms with Crippen LogP contribution in [0.3, 0.4) is 0 Å². The molecule has 2 rings (SSSR count). The van der Waals surface area contributed by atoms with Gasteiger partial charge in [0.05, 0.1) is 5.56 Å². The number of rotatable bonds is 3. The van der Waals surface area contributed by atoms with E-state index in [0.717, 1.165) is 12.1 Å². The van der Waals surface area contributed by atoms with Crippen LogP contribution in [0, 0.1) is 0 Å². The van der Waals surface area contributed by atoms with Crippen LogP contribution in [0.5, 0.6) is 0 Å². The average Bonchev–Trinajstić information content (AvgIpc) is 2.86. The van der Waals surface area contributed by atoms with Crippen molar-refractivity contribution in [2.75, 3.05) is 0 Å². The minimum Gasteiger partial charge on any atom is -0.316 e. The number of carbonyl (C=O) groups excluding carboxylic acids is 1. The largest absolute Gasteiger partial charge is 0.416 e. The van der Waals surface area contributed by atoms with Crippen LogP contribution in [0.4, 0.5) is 13.2 Å². The summed E-state index contributed by atoms with van der Waals surface area (Å²) in [7, 11) is 0. The summed E-state index contributed by atoms with van der Waals surface area (Å²) in [4.78, 5) is 16.6. The molecule has 0 atom stereocenters. The van der Waals surface area contributed by atoms with Crippen LogP contribution in [0.25, 0.3) is 11.4 Å². The summed E-state index contributed by atoms with van der Waals surface area (Å²) in [5.41, 5.74) is -0.750. The number of hydrogen-bond donors (Lipinski definition) is 0. The minimum absolute atomic E-state index is 0.0852. The fraction of sp³-hybridized carbons (Fsp3) is 0.273. The third-order valence-electron chi connectivity index (χ3n) is 2.37. The molecule has 1 heterocycles. The molecule has 0 saturated carbocycles. The molecule has 0 unspecified atom stereocenters. The maximum Gasteiger partial charge on any atom is 0.416 e. The zero-order chi connectivity index (χ0) is 14.8. The van der Waals surface area contributed by atoms with E-state index in [-0.39, 0.29) is 17.8 Å². The van der Waals surface area contributed by atoms with Gasteiger partial charge in [0.15, 0.2) is 0 Å². The molecule has 0 radical (unpaired) electrons. The van der Waals surface area contributed by atoms with E-state index in [2.05, 4.69) is 15.5 Å². The fourth-order valence-electron chi connectivity index (χ4n) is 1.40. The molecule has 6 nitrogen and oxygen atoms in total. The SMILES string of the molecule is CCC(=O)On1nnnc1-c1cccc(C(F)(F)F)c1. The number of benzene rings is 1. The van der Waals surface area contributed by atoms with Gasteiger partial charge >= 0.3 is 12.1 Å². The number of alkyl halides is 3. The molecule has 9 heteroatoms. The van der Waals surface area contributed by atoms with Crippen LogP contribution in [0.1, 0.15) is 18.9 Å². The first-order valence-corrected chi connectivity index (χ1v) is 5.59. The van der Waals surface area contributed by atoms with E-state index in [1.807, 2.05) is 0 Å². The first kappa shape index (κ1) is 14.0. The van der Waals surface area contributed by atoms with Gasteiger partial charge in [0.2, 0.25) is 5.82 Å². The second-order valence-electron chi connectivity index (χ2n) is 3.77. The summed E-state index contributed by atoms with van der Waals surface area (Å²) in [6.07, 6.45) is -4.39. The highest BCUT2D eigenvalue weighted by atomic mass is 19.4. The maximum absolute atomic E-state index is 12.6. The normalized spacial score (nSPS) is 11.4. The number of tetrazole rings is 1. The number of hydrogen-bond acceptors (Lipinski definition) is 5. The molecule has 0 saturated heterocycles. The Morgan fingerprint density at radius 1 is 1.40 bits per heavy atom. The predicted octanol–water partition coefficient (Wildman–Crippen LogP) is 1.72. The van der Waals surface area contributed by atoms with Crippen molar-refractivity contribution in [3.63, 3.8) is 0 Å². The van der Waals surface area contributed by atoms with Gasteiger partial charge in [-0.3, -0.25) is 0 Å². The Morgan fingerprint density at radius 3 is 2.80 bits per heavy atom. The van der Waals surface area contributed by atoms with Crippen LogP contribution in [0.15, 0.2) is 24.3 Å². The van der Waals surface area contributed by atoms with E-state index in [9.17, 15) is 18.0 Å². The van der Waals surface area contributed by atoms with Gasteiger partial charge in [-0.25, -0.2) is 4.79 Å². The standard InChI is InChI=1S/C11H9F3N4O2/c1-2-9(19)20-18-10(15-16-17-18)7-4-3-5-8(6-7)11(12,13)14/h3-6H,2H2,1H3. The summed E-state index contributed by atoms with van der Waals surface area (Å²) in [5.74, 6) is -0.691. The van der Waals surface area contributed by atoms with Gasteiger partial charge in [0.1, 0.15) is 0 Å². The molecule has 106 valence electrons. The zero-order valence-corrected chi connectivity index (χ0v) is 10.3. The lowest BCUT2D eigenvalue weighted by Crippen LogP contribution is -2.21. The van der Waals surface area contributed by atoms with Crippen LogP contribution in [-0.2, 0) is 11.0 Å². The Balaban J connectivity index is 2.38. The summed E-state index contributed by atoms with van der Waals surface area (Å²) >= 11 is 0. The molecule has 1 aromatic carbocycles. The first-order valence-electron chi connectivity index (χ1n) is 5.59. The Morgan fingerprint density at radius 2 is 2.15 bits per heavy atom. The summed E-state index contributed by atoms with van der Waals surface area (Å²) in [6.45, 7) is 1.57. The van der Waals surface area contributed by atoms with Gasteiger partial charge in [-0.1, -0.05) is 19.1 Å². The van der Waals surface area contributed by atoms with Gasteiger partial charge in [0, 0.05) is 12.0 Å². The van der Waals surface area contributed by atoms with Crippen molar-refractivity contribution in [2.45, 2.75) is 19.5 Å². The molecule has 0 spiro atoms. The molecular formula is C11H9F3N4O2. The summed E-state index contributed by atoms with van der Waals surface area (Å²) in [5, 5.41) is 10.2. The zero-order valence-electron chi connectivity index (χ0n) is 10.3. The van der Waals surface area contributed by atoms with E-state index in [1.54, 1.807) is 6.92 Å². The van der Waals surface area contributed by atoms with E-state index < -0.39 is 17.7 Å². The molecule has 20 heavy (non-hydrogen) atoms. The first-order chi connectivity index (χ1) is 9.41. The molecule has 0 N–H and O–H groups in total. The third kappa shape index (κ3) is 2.92. The maximum atomic E-state index is 12.6. The van der Waals surface area contributed by atoms with Gasteiger partial charge < -0.3 is 4.84 Å². The number of aromatic nitrogens is 4. The van der Waals surface area contributed by atoms with E-state index in [1.165, 1.54) is 12.1 Å². The highest BCUT2D eigenvalue weighted by Crippen LogP contribution is 2.31. The Kier molecular flexibility index (Phi) is 3.68. The van der Waals surface area contributed by atoms with Crippen LogP contribution in [0.2, 0.25) is 0 Å². The average molecular weight is 286 g/mol. The lowest BCUT2D eigenvalue weighted by molar-refractivity contribution is -0.145. The van der Waals surface area contributed by atoms with Crippen molar-refractivity contribution in [3.8, 4) is 11.4 Å². The van der Waals surface area contributed by atoms with Crippen molar-refractivity contribution in [2.24, 2.45) is 0 Å². The molecular weight excluding hydrogens is 277 g/mol. The number of nitrogens with zero attached hydrogens (tertiary/aromatic N) is 4. The molecule has 0 aliphatic heterocycles. The smallest absolute Gasteiger partial charge is 0.316 e. The molecule has 2 aromatic rings. The second kappa shape index (κ2) is 5.27. The lowest BCUT2D eigenvalue weighted by Gasteiger charge is -2.08. The Hall–Kier alpha value is -2.45. The van der Waals surface area contributed by atoms with Gasteiger partial charge in [-0.15, -0.1) is 5.10 Å². The van der Waals surface area contributed by atoms with Gasteiger partial charge in [-0.2, -0.15) is 13.2 Å². The predicted molar refractivity (Wildman–Crippen MR) is 60.1 cm³/mol. The van der Waals surface area contributed by atoms with Crippen molar-refractivity contribution in [3.05, 3.63) is 29.8 Å². The second-order valence-corrected chi connectivity index (χ2v) is 3.77. The van der Waals surface area contributed by atoms with Crippen molar-refractivity contribution >= 4 is 5.97 Å². The van der Waals surface area contributed by atoms with Crippen molar-refractivity contribution in [1.29, 1.82) is 0 Å². The third-order valence-corrected chi connectivity index (χ3v) is 2.37. The van der Waals surface area contributed by atoms with Gasteiger partial charge in [0.25, 0.3) is 0 Å². The van der Waals surface area contributed by atoms with E-state index in [4.69, 9.17) is 4.84 Å². The lowest BCUT2D eigenvalue weighted by atomic mass is 10.1. The quantitative estimate of drug-likeness (QED) is 0.803. The van der Waals surface area contributed by atoms with Crippen molar-refractivity contribution in [1.82, 2.24) is 20.4 Å². The summed E-state index contributed by atoms with van der Waals surface area (Å²) < 4.78 is 37.9. The van der Waals surface area contributed by atoms with Crippen LogP contribution < -0.4 is 4.84 Å². The minimum atomic E-state index is -4.48. The van der Waals surface area contributed by atoms with E-state index >= 15 is 0 Å². The van der Waals surface area contributed by atoms with Crippen LogP contribution in [-0.4, -0.2) is 26.3 Å². The summed E-state index contributed by atoms with van der Waals surface area (Å²) in [6, 6.07) is 4.41. The molecule has 0 fully saturated rings. The van der Waals surface area contributed by atoms with Gasteiger partial charge in [-0.05, 0) is 27.4 Å². The highest BCUT2D eigenvalue weighted by molar-refractivity contribution is 5.69. The Labute approximate surface area is 111 Å². The number of carbonyl (C=O) groups is 1. The molecule has 0 aliphatic carbocycles. The molecule has 1 aromatic heterocycles. The molecule has 0 amide bonds.